The second kappa shape index (κ2) is 5.25. The van der Waals surface area contributed by atoms with Crippen LogP contribution in [0.4, 0.5) is 0 Å². The first-order chi connectivity index (χ1) is 9.63. The van der Waals surface area contributed by atoms with Gasteiger partial charge in [-0.2, -0.15) is 4.98 Å². The quantitative estimate of drug-likeness (QED) is 0.790. The standard InChI is InChI=1S/C14H13ClN2O3/c1-8(18)11-6-10(15)4-5-12(11)19-7-13-16-14(20-17-13)9-2-3-9/h4-6,9H,2-3,7H2,1H3. The van der Waals surface area contributed by atoms with Crippen molar-refractivity contribution in [3.05, 3.63) is 40.5 Å². The Morgan fingerprint density at radius 3 is 3.00 bits per heavy atom. The number of benzene rings is 1. The fourth-order valence-corrected chi connectivity index (χ4v) is 2.04. The van der Waals surface area contributed by atoms with Crippen LogP contribution >= 0.6 is 11.6 Å². The molecule has 5 nitrogen and oxygen atoms in total. The maximum absolute atomic E-state index is 11.5. The van der Waals surface area contributed by atoms with Gasteiger partial charge in [0.25, 0.3) is 0 Å². The number of ether oxygens (including phenoxy) is 1. The molecule has 0 N–H and O–H groups in total. The largest absolute Gasteiger partial charge is 0.485 e. The van der Waals surface area contributed by atoms with Crippen LogP contribution in [0.3, 0.4) is 0 Å². The number of ketones is 1. The summed E-state index contributed by atoms with van der Waals surface area (Å²) >= 11 is 5.88. The van der Waals surface area contributed by atoms with Gasteiger partial charge in [0, 0.05) is 10.9 Å². The highest BCUT2D eigenvalue weighted by molar-refractivity contribution is 6.31. The molecule has 1 saturated carbocycles. The van der Waals surface area contributed by atoms with Crippen LogP contribution in [0.5, 0.6) is 5.75 Å². The molecule has 1 aromatic heterocycles. The van der Waals surface area contributed by atoms with Crippen LogP contribution in [-0.2, 0) is 6.61 Å². The van der Waals surface area contributed by atoms with Crippen molar-refractivity contribution in [1.82, 2.24) is 10.1 Å². The van der Waals surface area contributed by atoms with E-state index in [4.69, 9.17) is 20.9 Å². The summed E-state index contributed by atoms with van der Waals surface area (Å²) in [4.78, 5) is 15.8. The fourth-order valence-electron chi connectivity index (χ4n) is 1.87. The van der Waals surface area contributed by atoms with E-state index >= 15 is 0 Å². The highest BCUT2D eigenvalue weighted by Gasteiger charge is 2.29. The predicted octanol–water partition coefficient (Wildman–Crippen LogP) is 3.38. The topological polar surface area (TPSA) is 65.2 Å². The van der Waals surface area contributed by atoms with Gasteiger partial charge in [0.2, 0.25) is 11.7 Å². The van der Waals surface area contributed by atoms with Gasteiger partial charge >= 0.3 is 0 Å². The Kier molecular flexibility index (Phi) is 3.44. The van der Waals surface area contributed by atoms with E-state index in [1.165, 1.54) is 6.92 Å². The van der Waals surface area contributed by atoms with Crippen LogP contribution in [0.2, 0.25) is 5.02 Å². The number of carbonyl (C=O) groups excluding carboxylic acids is 1. The van der Waals surface area contributed by atoms with Gasteiger partial charge in [-0.25, -0.2) is 0 Å². The minimum Gasteiger partial charge on any atom is -0.485 e. The zero-order chi connectivity index (χ0) is 14.1. The lowest BCUT2D eigenvalue weighted by Crippen LogP contribution is -2.03. The van der Waals surface area contributed by atoms with Crippen LogP contribution in [0.25, 0.3) is 0 Å². The summed E-state index contributed by atoms with van der Waals surface area (Å²) in [6, 6.07) is 4.93. The molecule has 104 valence electrons. The van der Waals surface area contributed by atoms with Gasteiger partial charge in [-0.05, 0) is 38.0 Å². The molecule has 0 amide bonds. The second-order valence-electron chi connectivity index (χ2n) is 4.81. The van der Waals surface area contributed by atoms with Crippen molar-refractivity contribution in [1.29, 1.82) is 0 Å². The number of carbonyl (C=O) groups is 1. The maximum Gasteiger partial charge on any atom is 0.229 e. The summed E-state index contributed by atoms with van der Waals surface area (Å²) in [5.41, 5.74) is 0.448. The molecule has 20 heavy (non-hydrogen) atoms. The van der Waals surface area contributed by atoms with Gasteiger partial charge in [0.15, 0.2) is 12.4 Å². The number of aromatic nitrogens is 2. The van der Waals surface area contributed by atoms with Crippen molar-refractivity contribution < 1.29 is 14.1 Å². The average Bonchev–Trinajstić information content (AvgIpc) is 3.17. The van der Waals surface area contributed by atoms with Gasteiger partial charge in [-0.1, -0.05) is 16.8 Å². The van der Waals surface area contributed by atoms with Crippen LogP contribution in [-0.4, -0.2) is 15.9 Å². The molecule has 0 bridgehead atoms. The van der Waals surface area contributed by atoms with E-state index in [9.17, 15) is 4.79 Å². The number of hydrogen-bond acceptors (Lipinski definition) is 5. The Balaban J connectivity index is 1.72. The lowest BCUT2D eigenvalue weighted by Gasteiger charge is -2.08. The molecule has 3 rings (SSSR count). The molecular formula is C14H13ClN2O3. The highest BCUT2D eigenvalue weighted by Crippen LogP contribution is 2.38. The zero-order valence-electron chi connectivity index (χ0n) is 10.9. The smallest absolute Gasteiger partial charge is 0.229 e. The summed E-state index contributed by atoms with van der Waals surface area (Å²) in [7, 11) is 0. The van der Waals surface area contributed by atoms with Crippen molar-refractivity contribution in [3.8, 4) is 5.75 Å². The minimum atomic E-state index is -0.103. The molecule has 0 spiro atoms. The van der Waals surface area contributed by atoms with Crippen LogP contribution in [0, 0.1) is 0 Å². The van der Waals surface area contributed by atoms with Crippen molar-refractivity contribution in [2.45, 2.75) is 32.3 Å². The van der Waals surface area contributed by atoms with Crippen molar-refractivity contribution in [2.75, 3.05) is 0 Å². The van der Waals surface area contributed by atoms with Gasteiger partial charge in [0.1, 0.15) is 5.75 Å². The molecule has 0 saturated heterocycles. The molecule has 1 heterocycles. The molecule has 1 aliphatic rings. The molecule has 0 aliphatic heterocycles. The lowest BCUT2D eigenvalue weighted by atomic mass is 10.1. The Morgan fingerprint density at radius 1 is 1.50 bits per heavy atom. The SMILES string of the molecule is CC(=O)c1cc(Cl)ccc1OCc1noc(C2CC2)n1. The van der Waals surface area contributed by atoms with Crippen molar-refractivity contribution >= 4 is 17.4 Å². The molecule has 0 radical (unpaired) electrons. The predicted molar refractivity (Wildman–Crippen MR) is 72.1 cm³/mol. The van der Waals surface area contributed by atoms with Crippen LogP contribution in [0.1, 0.15) is 47.8 Å². The van der Waals surface area contributed by atoms with E-state index in [2.05, 4.69) is 10.1 Å². The van der Waals surface area contributed by atoms with Crippen LogP contribution < -0.4 is 4.74 Å². The average molecular weight is 293 g/mol. The van der Waals surface area contributed by atoms with Crippen LogP contribution in [0.15, 0.2) is 22.7 Å². The first-order valence-corrected chi connectivity index (χ1v) is 6.77. The summed E-state index contributed by atoms with van der Waals surface area (Å²) in [5, 5.41) is 4.36. The van der Waals surface area contributed by atoms with Gasteiger partial charge in [-0.15, -0.1) is 0 Å². The van der Waals surface area contributed by atoms with E-state index in [0.29, 0.717) is 34.0 Å². The van der Waals surface area contributed by atoms with E-state index in [0.717, 1.165) is 12.8 Å². The lowest BCUT2D eigenvalue weighted by molar-refractivity contribution is 0.101. The zero-order valence-corrected chi connectivity index (χ0v) is 11.7. The van der Waals surface area contributed by atoms with E-state index in [1.54, 1.807) is 18.2 Å². The fraction of sp³-hybridized carbons (Fsp3) is 0.357. The first-order valence-electron chi connectivity index (χ1n) is 6.39. The maximum atomic E-state index is 11.5. The molecule has 0 atom stereocenters. The normalized spacial score (nSPS) is 14.3. The molecule has 6 heteroatoms. The number of nitrogens with zero attached hydrogens (tertiary/aromatic N) is 2. The van der Waals surface area contributed by atoms with Crippen molar-refractivity contribution in [3.63, 3.8) is 0 Å². The number of rotatable bonds is 5. The van der Waals surface area contributed by atoms with Crippen molar-refractivity contribution in [2.24, 2.45) is 0 Å². The molecule has 2 aromatic rings. The number of Topliss-reactive ketones (excluding diaryl/α,β-unsaturated/α-hetero) is 1. The number of halogens is 1. The first kappa shape index (κ1) is 13.1. The summed E-state index contributed by atoms with van der Waals surface area (Å²) in [6.07, 6.45) is 2.21. The van der Waals surface area contributed by atoms with Gasteiger partial charge in [-0.3, -0.25) is 4.79 Å². The van der Waals surface area contributed by atoms with E-state index in [1.807, 2.05) is 0 Å². The molecule has 1 fully saturated rings. The monoisotopic (exact) mass is 292 g/mol. The Morgan fingerprint density at radius 2 is 2.30 bits per heavy atom. The highest BCUT2D eigenvalue weighted by atomic mass is 35.5. The van der Waals surface area contributed by atoms with E-state index in [-0.39, 0.29) is 12.4 Å². The number of hydrogen-bond donors (Lipinski definition) is 0. The Hall–Kier alpha value is -1.88. The minimum absolute atomic E-state index is 0.103. The Labute approximate surface area is 120 Å². The van der Waals surface area contributed by atoms with Gasteiger partial charge in [0.05, 0.1) is 5.56 Å². The third-order valence-electron chi connectivity index (χ3n) is 3.09. The Bertz CT molecular complexity index is 650. The summed E-state index contributed by atoms with van der Waals surface area (Å²) in [5.74, 6) is 1.94. The molecule has 0 unspecified atom stereocenters. The third-order valence-corrected chi connectivity index (χ3v) is 3.32. The molecule has 1 aromatic carbocycles. The summed E-state index contributed by atoms with van der Waals surface area (Å²) < 4.78 is 10.7. The van der Waals surface area contributed by atoms with E-state index < -0.39 is 0 Å². The second-order valence-corrected chi connectivity index (χ2v) is 5.24. The third kappa shape index (κ3) is 2.82. The molecular weight excluding hydrogens is 280 g/mol. The molecule has 1 aliphatic carbocycles. The van der Waals surface area contributed by atoms with Gasteiger partial charge < -0.3 is 9.26 Å². The summed E-state index contributed by atoms with van der Waals surface area (Å²) in [6.45, 7) is 1.64.